The summed E-state index contributed by atoms with van der Waals surface area (Å²) in [7, 11) is 0. The normalized spacial score (nSPS) is 12.4. The van der Waals surface area contributed by atoms with Gasteiger partial charge in [0.15, 0.2) is 0 Å². The van der Waals surface area contributed by atoms with Crippen molar-refractivity contribution in [1.82, 2.24) is 5.32 Å². The van der Waals surface area contributed by atoms with Crippen LogP contribution in [-0.4, -0.2) is 6.54 Å². The first kappa shape index (κ1) is 16.7. The van der Waals surface area contributed by atoms with Crippen molar-refractivity contribution in [3.63, 3.8) is 0 Å². The molecule has 4 heteroatoms. The molecule has 2 rings (SSSR count). The quantitative estimate of drug-likeness (QED) is 0.675. The lowest BCUT2D eigenvalue weighted by Crippen LogP contribution is -2.23. The van der Waals surface area contributed by atoms with Crippen molar-refractivity contribution in [3.8, 4) is 0 Å². The summed E-state index contributed by atoms with van der Waals surface area (Å²) in [5, 5.41) is 3.50. The van der Waals surface area contributed by atoms with Crippen molar-refractivity contribution < 1.29 is 4.39 Å². The molecule has 2 aromatic carbocycles. The van der Waals surface area contributed by atoms with Crippen LogP contribution in [0.2, 0.25) is 0 Å². The summed E-state index contributed by atoms with van der Waals surface area (Å²) in [5.74, 6) is -0.219. The maximum absolute atomic E-state index is 13.2. The summed E-state index contributed by atoms with van der Waals surface area (Å²) in [4.78, 5) is 0. The summed E-state index contributed by atoms with van der Waals surface area (Å²) in [6.45, 7) is 5.05. The molecule has 0 fully saturated rings. The third-order valence-electron chi connectivity index (χ3n) is 3.49. The number of hydrogen-bond donors (Lipinski definition) is 1. The van der Waals surface area contributed by atoms with Crippen molar-refractivity contribution in [2.45, 2.75) is 26.3 Å². The highest BCUT2D eigenvalue weighted by Gasteiger charge is 2.14. The minimum atomic E-state index is -0.219. The fraction of sp³-hybridized carbons (Fsp3) is 0.294. The molecule has 0 bridgehead atoms. The Kier molecular flexibility index (Phi) is 5.97. The molecule has 0 aliphatic rings. The van der Waals surface area contributed by atoms with E-state index in [1.165, 1.54) is 23.3 Å². The molecule has 0 heterocycles. The average molecular weight is 415 g/mol. The predicted molar refractivity (Wildman–Crippen MR) is 93.1 cm³/mol. The molecule has 0 aromatic heterocycles. The number of nitrogens with one attached hydrogen (secondary N) is 1. The van der Waals surface area contributed by atoms with Crippen LogP contribution in [0.25, 0.3) is 0 Å². The fourth-order valence-corrected chi connectivity index (χ4v) is 3.20. The maximum atomic E-state index is 13.2. The van der Waals surface area contributed by atoms with Gasteiger partial charge >= 0.3 is 0 Å². The van der Waals surface area contributed by atoms with Gasteiger partial charge in [0, 0.05) is 15.0 Å². The molecule has 1 unspecified atom stereocenters. The second-order valence-electron chi connectivity index (χ2n) is 5.06. The van der Waals surface area contributed by atoms with E-state index >= 15 is 0 Å². The summed E-state index contributed by atoms with van der Waals surface area (Å²) >= 11 is 7.04. The number of likely N-dealkylation sites (N-methyl/N-ethyl adjacent to an activating group) is 1. The topological polar surface area (TPSA) is 12.0 Å². The Morgan fingerprint density at radius 1 is 1.10 bits per heavy atom. The molecule has 2 aromatic rings. The molecule has 21 heavy (non-hydrogen) atoms. The smallest absolute Gasteiger partial charge is 0.124 e. The zero-order valence-electron chi connectivity index (χ0n) is 12.1. The number of halogens is 3. The molecule has 0 radical (unpaired) electrons. The van der Waals surface area contributed by atoms with Gasteiger partial charge in [0.25, 0.3) is 0 Å². The highest BCUT2D eigenvalue weighted by molar-refractivity contribution is 9.10. The van der Waals surface area contributed by atoms with E-state index in [1.807, 2.05) is 6.07 Å². The number of rotatable bonds is 5. The Hall–Kier alpha value is -0.710. The Balaban J connectivity index is 2.28. The highest BCUT2D eigenvalue weighted by atomic mass is 79.9. The van der Waals surface area contributed by atoms with Gasteiger partial charge in [0.05, 0.1) is 0 Å². The van der Waals surface area contributed by atoms with Gasteiger partial charge in [-0.15, -0.1) is 0 Å². The Morgan fingerprint density at radius 2 is 1.86 bits per heavy atom. The van der Waals surface area contributed by atoms with Crippen LogP contribution in [0.4, 0.5) is 4.39 Å². The van der Waals surface area contributed by atoms with Crippen molar-refractivity contribution in [2.75, 3.05) is 6.54 Å². The second-order valence-corrected chi connectivity index (χ2v) is 6.77. The summed E-state index contributed by atoms with van der Waals surface area (Å²) in [5.41, 5.74) is 3.54. The first-order valence-electron chi connectivity index (χ1n) is 6.94. The van der Waals surface area contributed by atoms with E-state index in [-0.39, 0.29) is 11.9 Å². The molecule has 0 spiro atoms. The van der Waals surface area contributed by atoms with E-state index in [2.05, 4.69) is 69.2 Å². The van der Waals surface area contributed by atoms with E-state index in [9.17, 15) is 4.39 Å². The van der Waals surface area contributed by atoms with Gasteiger partial charge in [-0.25, -0.2) is 4.39 Å². The van der Waals surface area contributed by atoms with Crippen LogP contribution in [0.5, 0.6) is 0 Å². The zero-order valence-corrected chi connectivity index (χ0v) is 15.3. The Bertz CT molecular complexity index is 628. The maximum Gasteiger partial charge on any atom is 0.124 e. The van der Waals surface area contributed by atoms with Crippen molar-refractivity contribution in [2.24, 2.45) is 0 Å². The van der Waals surface area contributed by atoms with E-state index in [4.69, 9.17) is 0 Å². The van der Waals surface area contributed by atoms with Crippen LogP contribution >= 0.6 is 31.9 Å². The van der Waals surface area contributed by atoms with Crippen LogP contribution < -0.4 is 5.32 Å². The van der Waals surface area contributed by atoms with Crippen molar-refractivity contribution >= 4 is 31.9 Å². The van der Waals surface area contributed by atoms with Gasteiger partial charge in [-0.1, -0.05) is 57.0 Å². The largest absolute Gasteiger partial charge is 0.310 e. The molecule has 0 amide bonds. The molecular formula is C17H18Br2FN. The molecular weight excluding hydrogens is 397 g/mol. The Labute approximate surface area is 142 Å². The lowest BCUT2D eigenvalue weighted by atomic mass is 9.98. The minimum absolute atomic E-state index is 0.202. The van der Waals surface area contributed by atoms with E-state index in [0.29, 0.717) is 0 Å². The standard InChI is InChI=1S/C17H18Br2FN/c1-3-21-17(13-5-4-11(2)15(18)8-13)9-12-6-7-14(20)10-16(12)19/h4-8,10,17,21H,3,9H2,1-2H3. The average Bonchev–Trinajstić information content (AvgIpc) is 2.44. The van der Waals surface area contributed by atoms with Gasteiger partial charge in [0.2, 0.25) is 0 Å². The van der Waals surface area contributed by atoms with Crippen LogP contribution in [0, 0.1) is 12.7 Å². The molecule has 1 N–H and O–H groups in total. The first-order chi connectivity index (χ1) is 10.0. The molecule has 1 atom stereocenters. The van der Waals surface area contributed by atoms with Crippen molar-refractivity contribution in [3.05, 3.63) is 67.9 Å². The van der Waals surface area contributed by atoms with Crippen molar-refractivity contribution in [1.29, 1.82) is 0 Å². The highest BCUT2D eigenvalue weighted by Crippen LogP contribution is 2.27. The van der Waals surface area contributed by atoms with Gasteiger partial charge in [-0.2, -0.15) is 0 Å². The van der Waals surface area contributed by atoms with Gasteiger partial charge in [0.1, 0.15) is 5.82 Å². The van der Waals surface area contributed by atoms with Crippen LogP contribution in [0.1, 0.15) is 29.7 Å². The van der Waals surface area contributed by atoms with Gasteiger partial charge < -0.3 is 5.32 Å². The number of hydrogen-bond acceptors (Lipinski definition) is 1. The lowest BCUT2D eigenvalue weighted by Gasteiger charge is -2.20. The van der Waals surface area contributed by atoms with Crippen LogP contribution in [0.15, 0.2) is 45.3 Å². The Morgan fingerprint density at radius 3 is 2.48 bits per heavy atom. The lowest BCUT2D eigenvalue weighted by molar-refractivity contribution is 0.547. The summed E-state index contributed by atoms with van der Waals surface area (Å²) < 4.78 is 15.1. The van der Waals surface area contributed by atoms with E-state index in [1.54, 1.807) is 0 Å². The van der Waals surface area contributed by atoms with Gasteiger partial charge in [-0.3, -0.25) is 0 Å². The molecule has 0 aliphatic carbocycles. The third kappa shape index (κ3) is 4.38. The number of benzene rings is 2. The van der Waals surface area contributed by atoms with Crippen LogP contribution in [-0.2, 0) is 6.42 Å². The SMILES string of the molecule is CCNC(Cc1ccc(F)cc1Br)c1ccc(C)c(Br)c1. The third-order valence-corrected chi connectivity index (χ3v) is 5.08. The minimum Gasteiger partial charge on any atom is -0.310 e. The second kappa shape index (κ2) is 7.52. The first-order valence-corrected chi connectivity index (χ1v) is 8.53. The molecule has 1 nitrogen and oxygen atoms in total. The predicted octanol–water partition coefficient (Wildman–Crippen LogP) is 5.55. The summed E-state index contributed by atoms with van der Waals surface area (Å²) in [6, 6.07) is 11.5. The van der Waals surface area contributed by atoms with Crippen LogP contribution in [0.3, 0.4) is 0 Å². The molecule has 0 aliphatic heterocycles. The molecule has 0 saturated heterocycles. The molecule has 112 valence electrons. The molecule has 0 saturated carbocycles. The zero-order chi connectivity index (χ0) is 15.4. The van der Waals surface area contributed by atoms with Gasteiger partial charge in [-0.05, 0) is 54.8 Å². The monoisotopic (exact) mass is 413 g/mol. The number of aryl methyl sites for hydroxylation is 1. The van der Waals surface area contributed by atoms with E-state index < -0.39 is 0 Å². The fourth-order valence-electron chi connectivity index (χ4n) is 2.29. The summed E-state index contributed by atoms with van der Waals surface area (Å²) in [6.07, 6.45) is 0.810. The van der Waals surface area contributed by atoms with E-state index in [0.717, 1.165) is 27.5 Å².